The van der Waals surface area contributed by atoms with Crippen molar-refractivity contribution >= 4 is 16.8 Å². The van der Waals surface area contributed by atoms with Crippen LogP contribution in [0, 0.1) is 0 Å². The maximum Gasteiger partial charge on any atom is 0.251 e. The van der Waals surface area contributed by atoms with Crippen LogP contribution in [0.5, 0.6) is 0 Å². The van der Waals surface area contributed by atoms with E-state index in [9.17, 15) is 9.90 Å². The lowest BCUT2D eigenvalue weighted by atomic mass is 9.87. The Labute approximate surface area is 148 Å². The van der Waals surface area contributed by atoms with Crippen molar-refractivity contribution in [3.63, 3.8) is 0 Å². The van der Waals surface area contributed by atoms with Gasteiger partial charge in [-0.2, -0.15) is 0 Å². The van der Waals surface area contributed by atoms with E-state index in [1.54, 1.807) is 12.3 Å². The van der Waals surface area contributed by atoms with Gasteiger partial charge in [-0.1, -0.05) is 6.07 Å². The van der Waals surface area contributed by atoms with Crippen LogP contribution in [0.2, 0.25) is 0 Å². The molecule has 1 aliphatic heterocycles. The number of hydrogen-bond acceptors (Lipinski definition) is 4. The fourth-order valence-electron chi connectivity index (χ4n) is 4.25. The largest absolute Gasteiger partial charge is 0.389 e. The molecule has 25 heavy (non-hydrogen) atoms. The summed E-state index contributed by atoms with van der Waals surface area (Å²) in [6, 6.07) is 9.38. The number of pyridine rings is 1. The summed E-state index contributed by atoms with van der Waals surface area (Å²) in [5, 5.41) is 14.8. The molecule has 2 aliphatic rings. The lowest BCUT2D eigenvalue weighted by Gasteiger charge is -2.40. The molecule has 1 aromatic carbocycles. The number of nitrogens with zero attached hydrogens (tertiary/aromatic N) is 2. The van der Waals surface area contributed by atoms with Crippen LogP contribution in [0.1, 0.15) is 42.5 Å². The van der Waals surface area contributed by atoms with Crippen molar-refractivity contribution in [1.29, 1.82) is 0 Å². The van der Waals surface area contributed by atoms with Gasteiger partial charge in [0.05, 0.1) is 17.7 Å². The predicted molar refractivity (Wildman–Crippen MR) is 97.5 cm³/mol. The molecule has 1 amide bonds. The van der Waals surface area contributed by atoms with Gasteiger partial charge in [-0.3, -0.25) is 14.7 Å². The van der Waals surface area contributed by atoms with Crippen molar-refractivity contribution < 1.29 is 9.90 Å². The van der Waals surface area contributed by atoms with Crippen LogP contribution >= 0.6 is 0 Å². The van der Waals surface area contributed by atoms with Crippen LogP contribution in [0.3, 0.4) is 0 Å². The van der Waals surface area contributed by atoms with Gasteiger partial charge in [0.2, 0.25) is 0 Å². The van der Waals surface area contributed by atoms with E-state index in [1.807, 2.05) is 24.3 Å². The Bertz CT molecular complexity index is 757. The van der Waals surface area contributed by atoms with E-state index in [0.717, 1.165) is 43.3 Å². The first kappa shape index (κ1) is 16.5. The van der Waals surface area contributed by atoms with E-state index in [1.165, 1.54) is 12.8 Å². The summed E-state index contributed by atoms with van der Waals surface area (Å²) >= 11 is 0. The lowest BCUT2D eigenvalue weighted by Crippen LogP contribution is -2.56. The standard InChI is InChI=1S/C20H25N3O2/c24-19-17(6-3-7-18(19)23-11-1-2-12-23)22-20(25)15-8-9-16-14(13-15)5-4-10-21-16/h4-5,8-10,13,17-19,24H,1-3,6-7,11-12H2,(H,22,25)/t17-,18-,19-/m1/s1. The highest BCUT2D eigenvalue weighted by Crippen LogP contribution is 2.27. The Morgan fingerprint density at radius 3 is 2.84 bits per heavy atom. The lowest BCUT2D eigenvalue weighted by molar-refractivity contribution is 0.00704. The zero-order chi connectivity index (χ0) is 17.2. The number of aliphatic hydroxyl groups excluding tert-OH is 1. The molecule has 0 radical (unpaired) electrons. The number of rotatable bonds is 3. The number of hydrogen-bond donors (Lipinski definition) is 2. The summed E-state index contributed by atoms with van der Waals surface area (Å²) in [5.74, 6) is -0.114. The molecule has 5 heteroatoms. The van der Waals surface area contributed by atoms with Crippen molar-refractivity contribution in [3.05, 3.63) is 42.1 Å². The maximum absolute atomic E-state index is 12.7. The van der Waals surface area contributed by atoms with E-state index < -0.39 is 6.10 Å². The minimum absolute atomic E-state index is 0.114. The summed E-state index contributed by atoms with van der Waals surface area (Å²) in [6.07, 6.45) is 6.60. The summed E-state index contributed by atoms with van der Waals surface area (Å²) in [7, 11) is 0. The van der Waals surface area contributed by atoms with Crippen LogP contribution in [-0.4, -0.2) is 52.2 Å². The molecule has 5 nitrogen and oxygen atoms in total. The third-order valence-corrected chi connectivity index (χ3v) is 5.61. The van der Waals surface area contributed by atoms with Crippen LogP contribution in [0.4, 0.5) is 0 Å². The Hall–Kier alpha value is -1.98. The average molecular weight is 339 g/mol. The molecule has 2 aromatic rings. The van der Waals surface area contributed by atoms with Crippen molar-refractivity contribution in [2.24, 2.45) is 0 Å². The van der Waals surface area contributed by atoms with Crippen LogP contribution < -0.4 is 5.32 Å². The molecule has 1 aliphatic carbocycles. The summed E-state index contributed by atoms with van der Waals surface area (Å²) in [6.45, 7) is 2.14. The van der Waals surface area contributed by atoms with E-state index in [4.69, 9.17) is 0 Å². The molecule has 2 N–H and O–H groups in total. The molecule has 0 bridgehead atoms. The van der Waals surface area contributed by atoms with Crippen molar-refractivity contribution in [3.8, 4) is 0 Å². The number of fused-ring (bicyclic) bond motifs is 1. The Kier molecular flexibility index (Phi) is 4.68. The topological polar surface area (TPSA) is 65.5 Å². The monoisotopic (exact) mass is 339 g/mol. The van der Waals surface area contributed by atoms with Gasteiger partial charge in [0.25, 0.3) is 5.91 Å². The van der Waals surface area contributed by atoms with Gasteiger partial charge in [-0.25, -0.2) is 0 Å². The number of carbonyl (C=O) groups excluding carboxylic acids is 1. The highest BCUT2D eigenvalue weighted by Gasteiger charge is 2.37. The minimum atomic E-state index is -0.488. The third kappa shape index (κ3) is 3.39. The normalized spacial score (nSPS) is 27.5. The van der Waals surface area contributed by atoms with Crippen LogP contribution in [0.15, 0.2) is 36.5 Å². The number of aliphatic hydroxyl groups is 1. The molecule has 0 unspecified atom stereocenters. The van der Waals surface area contributed by atoms with E-state index >= 15 is 0 Å². The molecule has 132 valence electrons. The molecule has 3 atom stereocenters. The number of nitrogens with one attached hydrogen (secondary N) is 1. The highest BCUT2D eigenvalue weighted by atomic mass is 16.3. The van der Waals surface area contributed by atoms with Gasteiger partial charge in [-0.15, -0.1) is 0 Å². The third-order valence-electron chi connectivity index (χ3n) is 5.61. The van der Waals surface area contributed by atoms with Crippen molar-refractivity contribution in [2.45, 2.75) is 50.3 Å². The van der Waals surface area contributed by atoms with E-state index in [2.05, 4.69) is 15.2 Å². The summed E-state index contributed by atoms with van der Waals surface area (Å²) in [5.41, 5.74) is 1.50. The summed E-state index contributed by atoms with van der Waals surface area (Å²) in [4.78, 5) is 19.4. The zero-order valence-electron chi connectivity index (χ0n) is 14.4. The molecule has 1 aromatic heterocycles. The smallest absolute Gasteiger partial charge is 0.251 e. The zero-order valence-corrected chi connectivity index (χ0v) is 14.4. The van der Waals surface area contributed by atoms with Gasteiger partial charge in [0.15, 0.2) is 0 Å². The molecule has 4 rings (SSSR count). The molecule has 0 spiro atoms. The van der Waals surface area contributed by atoms with Crippen LogP contribution in [-0.2, 0) is 0 Å². The maximum atomic E-state index is 12.7. The number of benzene rings is 1. The van der Waals surface area contributed by atoms with Crippen molar-refractivity contribution in [1.82, 2.24) is 15.2 Å². The first-order valence-electron chi connectivity index (χ1n) is 9.30. The second-order valence-electron chi connectivity index (χ2n) is 7.22. The highest BCUT2D eigenvalue weighted by molar-refractivity contribution is 5.98. The van der Waals surface area contributed by atoms with Crippen LogP contribution in [0.25, 0.3) is 10.9 Å². The number of carbonyl (C=O) groups is 1. The molecular weight excluding hydrogens is 314 g/mol. The molecule has 1 saturated carbocycles. The van der Waals surface area contributed by atoms with Gasteiger partial charge >= 0.3 is 0 Å². The van der Waals surface area contributed by atoms with E-state index in [0.29, 0.717) is 5.56 Å². The van der Waals surface area contributed by atoms with Gasteiger partial charge < -0.3 is 10.4 Å². The Morgan fingerprint density at radius 2 is 2.00 bits per heavy atom. The minimum Gasteiger partial charge on any atom is -0.389 e. The quantitative estimate of drug-likeness (QED) is 0.901. The van der Waals surface area contributed by atoms with Gasteiger partial charge in [-0.05, 0) is 69.5 Å². The van der Waals surface area contributed by atoms with Crippen molar-refractivity contribution in [2.75, 3.05) is 13.1 Å². The van der Waals surface area contributed by atoms with E-state index in [-0.39, 0.29) is 18.0 Å². The summed E-state index contributed by atoms with van der Waals surface area (Å²) < 4.78 is 0. The molecule has 1 saturated heterocycles. The SMILES string of the molecule is O=C(N[C@@H]1CCC[C@@H](N2CCCC2)[C@@H]1O)c1ccc2ncccc2c1. The molecular formula is C20H25N3O2. The predicted octanol–water partition coefficient (Wildman–Crippen LogP) is 2.34. The first-order valence-corrected chi connectivity index (χ1v) is 9.30. The van der Waals surface area contributed by atoms with Gasteiger partial charge in [0.1, 0.15) is 0 Å². The number of amides is 1. The Morgan fingerprint density at radius 1 is 1.16 bits per heavy atom. The fraction of sp³-hybridized carbons (Fsp3) is 0.500. The fourth-order valence-corrected chi connectivity index (χ4v) is 4.25. The number of aromatic nitrogens is 1. The van der Waals surface area contributed by atoms with Gasteiger partial charge in [0, 0.05) is 23.2 Å². The Balaban J connectivity index is 1.47. The second-order valence-corrected chi connectivity index (χ2v) is 7.22. The molecule has 2 fully saturated rings. The molecule has 2 heterocycles. The second kappa shape index (κ2) is 7.10. The average Bonchev–Trinajstić information content (AvgIpc) is 3.17. The number of likely N-dealkylation sites (tertiary alicyclic amines) is 1. The first-order chi connectivity index (χ1) is 12.2.